The van der Waals surface area contributed by atoms with Crippen LogP contribution in [0.5, 0.6) is 0 Å². The summed E-state index contributed by atoms with van der Waals surface area (Å²) < 4.78 is 9.85. The number of carbonyl (C=O) groups is 4. The van der Waals surface area contributed by atoms with Gasteiger partial charge in [-0.1, -0.05) is 83.0 Å². The van der Waals surface area contributed by atoms with Gasteiger partial charge in [0.05, 0.1) is 44.3 Å². The lowest BCUT2D eigenvalue weighted by molar-refractivity contribution is -0.148. The van der Waals surface area contributed by atoms with E-state index in [1.807, 2.05) is 38.8 Å². The Morgan fingerprint density at radius 1 is 0.731 bits per heavy atom. The van der Waals surface area contributed by atoms with Crippen LogP contribution in [-0.2, 0) is 42.1 Å². The zero-order valence-corrected chi connectivity index (χ0v) is 40.0. The van der Waals surface area contributed by atoms with Crippen LogP contribution in [0, 0.1) is 29.6 Å². The van der Waals surface area contributed by atoms with E-state index in [4.69, 9.17) is 19.5 Å². The van der Waals surface area contributed by atoms with Crippen molar-refractivity contribution in [3.8, 4) is 22.3 Å². The molecule has 11 heteroatoms. The van der Waals surface area contributed by atoms with Crippen molar-refractivity contribution in [2.45, 2.75) is 147 Å². The summed E-state index contributed by atoms with van der Waals surface area (Å²) in [6.07, 6.45) is 14.2. The van der Waals surface area contributed by atoms with Crippen LogP contribution in [0.1, 0.15) is 121 Å². The summed E-state index contributed by atoms with van der Waals surface area (Å²) in [5, 5.41) is 2.81. The summed E-state index contributed by atoms with van der Waals surface area (Å²) in [4.78, 5) is 67.0. The third kappa shape index (κ3) is 7.63. The normalized spacial score (nSPS) is 26.7. The molecule has 3 aromatic rings. The average Bonchev–Trinajstić information content (AvgIpc) is 3.78. The summed E-state index contributed by atoms with van der Waals surface area (Å²) in [5.74, 6) is 0.277. The van der Waals surface area contributed by atoms with Gasteiger partial charge in [-0.3, -0.25) is 24.4 Å². The first-order valence-electron chi connectivity index (χ1n) is 25.2. The highest BCUT2D eigenvalue weighted by Gasteiger charge is 2.58. The van der Waals surface area contributed by atoms with Crippen LogP contribution in [0.4, 0.5) is 10.5 Å². The molecule has 3 saturated carbocycles. The number of ether oxygens (including phenoxy) is 2. The Morgan fingerprint density at radius 2 is 1.39 bits per heavy atom. The van der Waals surface area contributed by atoms with Crippen LogP contribution in [0.15, 0.2) is 70.8 Å². The van der Waals surface area contributed by atoms with E-state index in [1.165, 1.54) is 85.3 Å². The van der Waals surface area contributed by atoms with Crippen molar-refractivity contribution in [2.75, 3.05) is 14.2 Å². The minimum absolute atomic E-state index is 0.0215. The highest BCUT2D eigenvalue weighted by molar-refractivity contribution is 6.04. The Balaban J connectivity index is 0.815. The van der Waals surface area contributed by atoms with Crippen LogP contribution in [0.2, 0.25) is 0 Å². The number of likely N-dealkylation sites (tertiary alicyclic amines) is 2. The fraction of sp³-hybridized carbons (Fsp3) is 0.536. The largest absolute Gasteiger partial charge is 0.469 e. The van der Waals surface area contributed by atoms with E-state index in [0.717, 1.165) is 67.6 Å². The maximum absolute atomic E-state index is 14.1. The number of hydrogen-bond acceptors (Lipinski definition) is 8. The van der Waals surface area contributed by atoms with Gasteiger partial charge in [-0.05, 0) is 143 Å². The quantitative estimate of drug-likeness (QED) is 0.180. The van der Waals surface area contributed by atoms with Crippen LogP contribution in [0.3, 0.4) is 0 Å². The smallest absolute Gasteiger partial charge is 0.407 e. The molecule has 11 rings (SSSR count). The first kappa shape index (κ1) is 44.0. The number of nitrogens with one attached hydrogen (secondary N) is 1. The van der Waals surface area contributed by atoms with E-state index >= 15 is 0 Å². The fourth-order valence-corrected chi connectivity index (χ4v) is 13.4. The number of alkyl carbamates (subject to hydrolysis) is 1. The number of rotatable bonds is 12. The SMILES string of the molecule is COC(=O)C[C@H](C(=O)N1C2CC2C[C@H]1C1=NC=C(c2ccc(-c3ccc(-c4ccc5c(c4)CC([C@H]4CC6CC6N4C(=O)[C@@H](NC(=O)OC)C(C)C)=N5)c4c3C3(CCCC3)CC4)cc2)C1)C(C)C. The maximum atomic E-state index is 14.1. The summed E-state index contributed by atoms with van der Waals surface area (Å²) >= 11 is 0. The summed E-state index contributed by atoms with van der Waals surface area (Å²) in [6, 6.07) is 20.4. The molecule has 67 heavy (non-hydrogen) atoms. The maximum Gasteiger partial charge on any atom is 0.407 e. The number of allylic oxidation sites excluding steroid dienone is 1. The number of methoxy groups -OCH3 is 2. The number of fused-ring (bicyclic) bond motifs is 5. The highest BCUT2D eigenvalue weighted by Crippen LogP contribution is 2.56. The van der Waals surface area contributed by atoms with Gasteiger partial charge >= 0.3 is 12.1 Å². The van der Waals surface area contributed by atoms with E-state index in [-0.39, 0.29) is 65.6 Å². The predicted octanol–water partition coefficient (Wildman–Crippen LogP) is 9.79. The van der Waals surface area contributed by atoms with Crippen molar-refractivity contribution in [1.29, 1.82) is 0 Å². The number of hydrogen-bond donors (Lipinski definition) is 1. The number of benzene rings is 3. The van der Waals surface area contributed by atoms with Gasteiger partial charge in [-0.15, -0.1) is 0 Å². The fourth-order valence-electron chi connectivity index (χ4n) is 13.4. The second-order valence-corrected chi connectivity index (χ2v) is 21.8. The van der Waals surface area contributed by atoms with Crippen LogP contribution in [-0.4, -0.2) is 89.5 Å². The minimum atomic E-state index is -0.646. The Hall–Kier alpha value is -5.58. The minimum Gasteiger partial charge on any atom is -0.469 e. The molecular weight excluding hydrogens is 839 g/mol. The van der Waals surface area contributed by atoms with E-state index in [9.17, 15) is 19.2 Å². The molecule has 3 amide bonds. The van der Waals surface area contributed by atoms with Crippen LogP contribution >= 0.6 is 0 Å². The number of aliphatic imine (C=N–C) groups is 2. The molecule has 8 atom stereocenters. The van der Waals surface area contributed by atoms with Crippen LogP contribution in [0.25, 0.3) is 27.8 Å². The molecular formula is C56H65N5O6. The van der Waals surface area contributed by atoms with Crippen molar-refractivity contribution in [3.63, 3.8) is 0 Å². The highest BCUT2D eigenvalue weighted by atomic mass is 16.5. The van der Waals surface area contributed by atoms with E-state index in [2.05, 4.69) is 64.8 Å². The van der Waals surface area contributed by atoms with Gasteiger partial charge in [0, 0.05) is 42.5 Å². The van der Waals surface area contributed by atoms with Crippen molar-refractivity contribution >= 4 is 46.6 Å². The first-order valence-corrected chi connectivity index (χ1v) is 25.2. The van der Waals surface area contributed by atoms with Gasteiger partial charge in [0.1, 0.15) is 6.04 Å². The zero-order chi connectivity index (χ0) is 46.5. The number of nitrogens with zero attached hydrogens (tertiary/aromatic N) is 4. The standard InChI is InChI=1S/C56H65N5O6/c1-30(2)42(28-50(62)66-5)53(63)60-46-24-36(46)26-48(60)44-23-38(29-57-44)32-9-11-33(12-10-32)40-15-14-39(41-17-20-56(51(40)41)18-7-8-19-56)34-13-16-43-35(21-34)22-45(58-43)49-27-37-25-47(37)61(49)54(64)52(31(3)4)59-55(65)67-6/h9-16,21,29-31,36-37,42,46-49,52H,7-8,17-20,22-28H2,1-6H3,(H,59,65)/t36?,37?,42-,46?,47?,48-,49+,52-/m0/s1. The molecule has 4 heterocycles. The van der Waals surface area contributed by atoms with Crippen molar-refractivity contribution in [2.24, 2.45) is 39.6 Å². The predicted molar refractivity (Wildman–Crippen MR) is 260 cm³/mol. The van der Waals surface area contributed by atoms with E-state index < -0.39 is 18.1 Å². The topological polar surface area (TPSA) is 130 Å². The Kier molecular flexibility index (Phi) is 11.1. The summed E-state index contributed by atoms with van der Waals surface area (Å²) in [6.45, 7) is 7.96. The zero-order valence-electron chi connectivity index (χ0n) is 40.0. The van der Waals surface area contributed by atoms with Gasteiger partial charge in [-0.25, -0.2) is 4.79 Å². The lowest BCUT2D eigenvalue weighted by Gasteiger charge is -2.32. The van der Waals surface area contributed by atoms with Gasteiger partial charge in [-0.2, -0.15) is 0 Å². The first-order chi connectivity index (χ1) is 32.4. The lowest BCUT2D eigenvalue weighted by atomic mass is 9.76. The number of esters is 1. The third-order valence-corrected chi connectivity index (χ3v) is 17.2. The van der Waals surface area contributed by atoms with E-state index in [1.54, 1.807) is 5.56 Å². The van der Waals surface area contributed by atoms with Gasteiger partial charge in [0.25, 0.3) is 0 Å². The molecule has 4 unspecified atom stereocenters. The van der Waals surface area contributed by atoms with Crippen LogP contribution < -0.4 is 5.32 Å². The lowest BCUT2D eigenvalue weighted by Crippen LogP contribution is -2.55. The number of amides is 3. The van der Waals surface area contributed by atoms with Crippen molar-refractivity contribution in [1.82, 2.24) is 15.1 Å². The summed E-state index contributed by atoms with van der Waals surface area (Å²) in [5.41, 5.74) is 15.1. The average molecular weight is 904 g/mol. The number of piperidine rings is 2. The molecule has 0 radical (unpaired) electrons. The molecule has 11 nitrogen and oxygen atoms in total. The van der Waals surface area contributed by atoms with Crippen molar-refractivity contribution < 1.29 is 28.7 Å². The van der Waals surface area contributed by atoms with E-state index in [0.29, 0.717) is 11.8 Å². The molecule has 1 N–H and O–H groups in total. The molecule has 0 bridgehead atoms. The molecule has 5 fully saturated rings. The second kappa shape index (κ2) is 16.9. The monoisotopic (exact) mass is 903 g/mol. The Bertz CT molecular complexity index is 2640. The molecule has 2 saturated heterocycles. The Labute approximate surface area is 394 Å². The molecule has 0 aromatic heterocycles. The van der Waals surface area contributed by atoms with Gasteiger partial charge < -0.3 is 24.6 Å². The summed E-state index contributed by atoms with van der Waals surface area (Å²) in [7, 11) is 2.72. The molecule has 8 aliphatic rings. The van der Waals surface area contributed by atoms with Gasteiger partial charge in [0.15, 0.2) is 0 Å². The molecule has 4 aliphatic carbocycles. The molecule has 350 valence electrons. The molecule has 1 spiro atoms. The second-order valence-electron chi connectivity index (χ2n) is 21.8. The third-order valence-electron chi connectivity index (χ3n) is 17.2. The number of carbonyl (C=O) groups excluding carboxylic acids is 4. The molecule has 3 aromatic carbocycles. The van der Waals surface area contributed by atoms with Gasteiger partial charge in [0.2, 0.25) is 11.8 Å². The molecule has 4 aliphatic heterocycles. The van der Waals surface area contributed by atoms with Crippen molar-refractivity contribution in [3.05, 3.63) is 83.1 Å². The Morgan fingerprint density at radius 3 is 2.06 bits per heavy atom.